The predicted molar refractivity (Wildman–Crippen MR) is 169 cm³/mol. The van der Waals surface area contributed by atoms with Crippen molar-refractivity contribution in [3.63, 3.8) is 0 Å². The van der Waals surface area contributed by atoms with Gasteiger partial charge in [-0.15, -0.1) is 0 Å². The van der Waals surface area contributed by atoms with Crippen LogP contribution in [0.3, 0.4) is 0 Å². The van der Waals surface area contributed by atoms with Gasteiger partial charge in [0, 0.05) is 45.8 Å². The van der Waals surface area contributed by atoms with E-state index < -0.39 is 0 Å². The number of anilines is 3. The third-order valence-corrected chi connectivity index (χ3v) is 7.54. The van der Waals surface area contributed by atoms with Crippen LogP contribution in [0.1, 0.15) is 11.1 Å². The Bertz CT molecular complexity index is 2000. The number of hydrogen-bond donors (Lipinski definition) is 2. The van der Waals surface area contributed by atoms with E-state index in [9.17, 15) is 0 Å². The van der Waals surface area contributed by atoms with Crippen LogP contribution in [0.5, 0.6) is 0 Å². The smallest absolute Gasteiger partial charge is 0.0550 e. The van der Waals surface area contributed by atoms with Gasteiger partial charge in [0.1, 0.15) is 0 Å². The molecule has 0 radical (unpaired) electrons. The van der Waals surface area contributed by atoms with Crippen LogP contribution >= 0.6 is 0 Å². The highest BCUT2D eigenvalue weighted by molar-refractivity contribution is 6.22. The summed E-state index contributed by atoms with van der Waals surface area (Å²) in [6, 6.07) is 46.3. The molecular formula is C36H26N4. The van der Waals surface area contributed by atoms with Crippen molar-refractivity contribution in [2.24, 2.45) is 0 Å². The van der Waals surface area contributed by atoms with Crippen LogP contribution in [-0.2, 0) is 0 Å². The molecule has 4 heteroatoms. The SMILES string of the molecule is N=Cc1ccc(-n2c3ccc(N(c4ccccc4)c4ccccc4)cc3c3c4ccccc4ccc32)c(C=N)c1. The molecule has 7 aromatic rings. The molecule has 40 heavy (non-hydrogen) atoms. The normalized spacial score (nSPS) is 11.2. The molecule has 0 saturated heterocycles. The zero-order chi connectivity index (χ0) is 27.1. The molecule has 0 unspecified atom stereocenters. The number of hydrogen-bond acceptors (Lipinski definition) is 3. The molecule has 0 aliphatic rings. The number of fused-ring (bicyclic) bond motifs is 5. The molecule has 2 N–H and O–H groups in total. The quantitative estimate of drug-likeness (QED) is 0.213. The molecule has 0 fully saturated rings. The Morgan fingerprint density at radius 3 is 1.90 bits per heavy atom. The Kier molecular flexibility index (Phi) is 5.72. The van der Waals surface area contributed by atoms with Gasteiger partial charge in [-0.1, -0.05) is 72.8 Å². The van der Waals surface area contributed by atoms with E-state index in [1.54, 1.807) is 0 Å². The lowest BCUT2D eigenvalue weighted by molar-refractivity contribution is 1.17. The molecule has 0 aliphatic carbocycles. The maximum atomic E-state index is 8.17. The van der Waals surface area contributed by atoms with Crippen molar-refractivity contribution in [2.45, 2.75) is 0 Å². The van der Waals surface area contributed by atoms with Gasteiger partial charge in [-0.05, 0) is 77.0 Å². The van der Waals surface area contributed by atoms with Gasteiger partial charge in [-0.25, -0.2) is 0 Å². The van der Waals surface area contributed by atoms with Crippen LogP contribution in [0, 0.1) is 10.8 Å². The van der Waals surface area contributed by atoms with Gasteiger partial charge in [0.15, 0.2) is 0 Å². The summed E-state index contributed by atoms with van der Waals surface area (Å²) in [7, 11) is 0. The first kappa shape index (κ1) is 23.6. The van der Waals surface area contributed by atoms with Crippen LogP contribution in [-0.4, -0.2) is 17.0 Å². The highest BCUT2D eigenvalue weighted by Gasteiger charge is 2.19. The molecule has 0 bridgehead atoms. The van der Waals surface area contributed by atoms with E-state index in [2.05, 4.69) is 113 Å². The van der Waals surface area contributed by atoms with E-state index in [0.29, 0.717) is 0 Å². The first-order chi connectivity index (χ1) is 19.8. The molecule has 0 saturated carbocycles. The number of nitrogens with one attached hydrogen (secondary N) is 2. The minimum Gasteiger partial charge on any atom is -0.310 e. The Labute approximate surface area is 232 Å². The molecular weight excluding hydrogens is 488 g/mol. The van der Waals surface area contributed by atoms with E-state index in [-0.39, 0.29) is 0 Å². The summed E-state index contributed by atoms with van der Waals surface area (Å²) in [5.41, 5.74) is 7.88. The zero-order valence-corrected chi connectivity index (χ0v) is 21.8. The molecule has 1 aromatic heterocycles. The highest BCUT2D eigenvalue weighted by Crippen LogP contribution is 2.41. The Morgan fingerprint density at radius 1 is 0.525 bits per heavy atom. The minimum atomic E-state index is 0.771. The monoisotopic (exact) mass is 514 g/mol. The van der Waals surface area contributed by atoms with Crippen molar-refractivity contribution < 1.29 is 0 Å². The molecule has 0 amide bonds. The summed E-state index contributed by atoms with van der Waals surface area (Å²) < 4.78 is 2.25. The molecule has 0 spiro atoms. The van der Waals surface area contributed by atoms with Crippen LogP contribution in [0.2, 0.25) is 0 Å². The van der Waals surface area contributed by atoms with Crippen LogP contribution in [0.15, 0.2) is 133 Å². The molecule has 190 valence electrons. The molecule has 4 nitrogen and oxygen atoms in total. The minimum absolute atomic E-state index is 0.771. The third-order valence-electron chi connectivity index (χ3n) is 7.54. The summed E-state index contributed by atoms with van der Waals surface area (Å²) in [5.74, 6) is 0. The maximum absolute atomic E-state index is 8.17. The van der Waals surface area contributed by atoms with Crippen LogP contribution in [0.25, 0.3) is 38.3 Å². The number of rotatable bonds is 6. The van der Waals surface area contributed by atoms with Gasteiger partial charge >= 0.3 is 0 Å². The average Bonchev–Trinajstić information content (AvgIpc) is 3.36. The van der Waals surface area contributed by atoms with Gasteiger partial charge in [-0.3, -0.25) is 0 Å². The second kappa shape index (κ2) is 9.68. The van der Waals surface area contributed by atoms with E-state index >= 15 is 0 Å². The van der Waals surface area contributed by atoms with Gasteiger partial charge in [0.05, 0.1) is 16.7 Å². The maximum Gasteiger partial charge on any atom is 0.0550 e. The summed E-state index contributed by atoms with van der Waals surface area (Å²) >= 11 is 0. The van der Waals surface area contributed by atoms with Gasteiger partial charge < -0.3 is 20.3 Å². The van der Waals surface area contributed by atoms with E-state index in [4.69, 9.17) is 10.8 Å². The summed E-state index contributed by atoms with van der Waals surface area (Å²) in [4.78, 5) is 2.29. The third kappa shape index (κ3) is 3.77. The van der Waals surface area contributed by atoms with Gasteiger partial charge in [0.25, 0.3) is 0 Å². The lowest BCUT2D eigenvalue weighted by Crippen LogP contribution is -2.09. The first-order valence-electron chi connectivity index (χ1n) is 13.3. The molecule has 0 aliphatic heterocycles. The summed E-state index contributed by atoms with van der Waals surface area (Å²) in [6.45, 7) is 0. The fourth-order valence-corrected chi connectivity index (χ4v) is 5.76. The van der Waals surface area contributed by atoms with Crippen molar-refractivity contribution in [1.82, 2.24) is 4.57 Å². The predicted octanol–water partition coefficient (Wildman–Crippen LogP) is 9.40. The Balaban J connectivity index is 1.58. The van der Waals surface area contributed by atoms with Crippen molar-refractivity contribution in [3.8, 4) is 5.69 Å². The number of benzene rings is 6. The largest absolute Gasteiger partial charge is 0.310 e. The molecule has 7 rings (SSSR count). The summed E-state index contributed by atoms with van der Waals surface area (Å²) in [5, 5.41) is 20.6. The van der Waals surface area contributed by atoms with Gasteiger partial charge in [0.2, 0.25) is 0 Å². The highest BCUT2D eigenvalue weighted by atomic mass is 15.1. The number of nitrogens with zero attached hydrogens (tertiary/aromatic N) is 2. The van der Waals surface area contributed by atoms with Crippen molar-refractivity contribution in [1.29, 1.82) is 10.8 Å². The first-order valence-corrected chi connectivity index (χ1v) is 13.3. The van der Waals surface area contributed by atoms with Crippen molar-refractivity contribution >= 4 is 62.1 Å². The number of para-hydroxylation sites is 2. The van der Waals surface area contributed by atoms with E-state index in [0.717, 1.165) is 50.3 Å². The second-order valence-electron chi connectivity index (χ2n) is 9.83. The fraction of sp³-hybridized carbons (Fsp3) is 0. The second-order valence-corrected chi connectivity index (χ2v) is 9.83. The Morgan fingerprint density at radius 2 is 1.20 bits per heavy atom. The lowest BCUT2D eigenvalue weighted by Gasteiger charge is -2.25. The molecule has 6 aromatic carbocycles. The summed E-state index contributed by atoms with van der Waals surface area (Å²) in [6.07, 6.45) is 2.70. The Hall–Kier alpha value is -5.48. The van der Waals surface area contributed by atoms with E-state index in [1.165, 1.54) is 28.6 Å². The number of aromatic nitrogens is 1. The van der Waals surface area contributed by atoms with Crippen molar-refractivity contribution in [2.75, 3.05) is 4.90 Å². The van der Waals surface area contributed by atoms with Crippen LogP contribution < -0.4 is 4.90 Å². The van der Waals surface area contributed by atoms with Gasteiger partial charge in [-0.2, -0.15) is 0 Å². The lowest BCUT2D eigenvalue weighted by atomic mass is 10.0. The molecule has 1 heterocycles. The van der Waals surface area contributed by atoms with Crippen molar-refractivity contribution in [3.05, 3.63) is 145 Å². The van der Waals surface area contributed by atoms with E-state index in [1.807, 2.05) is 30.3 Å². The van der Waals surface area contributed by atoms with Crippen LogP contribution in [0.4, 0.5) is 17.1 Å². The standard InChI is InChI=1S/C36H26N4/c37-23-25-15-18-33(27(21-25)24-38)40-34-20-17-30(39(28-10-3-1-4-11-28)29-12-5-2-6-13-29)22-32(34)36-31-14-8-7-9-26(31)16-19-35(36)40/h1-24,37-38H. The fourth-order valence-electron chi connectivity index (χ4n) is 5.76. The average molecular weight is 515 g/mol. The zero-order valence-electron chi connectivity index (χ0n) is 21.8. The molecule has 0 atom stereocenters. The topological polar surface area (TPSA) is 55.9 Å².